The van der Waals surface area contributed by atoms with Gasteiger partial charge in [-0.3, -0.25) is 4.79 Å². The van der Waals surface area contributed by atoms with E-state index in [-0.39, 0.29) is 11.4 Å². The van der Waals surface area contributed by atoms with Crippen molar-refractivity contribution in [2.24, 2.45) is 0 Å². The molecule has 0 fully saturated rings. The molecule has 0 aliphatic heterocycles. The molecular weight excluding hydrogens is 104 g/mol. The molecule has 2 heteroatoms. The van der Waals surface area contributed by atoms with E-state index in [0.717, 1.165) is 0 Å². The van der Waals surface area contributed by atoms with E-state index < -0.39 is 6.10 Å². The minimum Gasteiger partial charge on any atom is -0.389 e. The smallest absolute Gasteiger partial charge is 0.157 e. The Bertz CT molecular complexity index is 114. The predicted molar refractivity (Wildman–Crippen MR) is 31.5 cm³/mol. The Morgan fingerprint density at radius 2 is 2.12 bits per heavy atom. The topological polar surface area (TPSA) is 37.3 Å². The Balaban J connectivity index is 3.84. The highest BCUT2D eigenvalue weighted by Crippen LogP contribution is 1.97. The minimum absolute atomic E-state index is 0.153. The maximum atomic E-state index is 10.3. The van der Waals surface area contributed by atoms with Crippen molar-refractivity contribution in [3.63, 3.8) is 0 Å². The normalized spacial score (nSPS) is 12.9. The third-order valence-corrected chi connectivity index (χ3v) is 0.957. The summed E-state index contributed by atoms with van der Waals surface area (Å²) in [7, 11) is 0. The molecule has 1 N–H and O–H groups in total. The number of rotatable bonds is 2. The van der Waals surface area contributed by atoms with Crippen molar-refractivity contribution < 1.29 is 9.90 Å². The lowest BCUT2D eigenvalue weighted by molar-refractivity contribution is -0.114. The standard InChI is InChI=1S/C6H10O2/c1-4(5(2)7)6(3)8/h5,7H,1H2,2-3H3. The summed E-state index contributed by atoms with van der Waals surface area (Å²) in [5, 5.41) is 8.67. The number of hydrogen-bond acceptors (Lipinski definition) is 2. The van der Waals surface area contributed by atoms with Crippen LogP contribution in [-0.2, 0) is 4.79 Å². The SMILES string of the molecule is C=C(C(C)=O)C(C)O. The maximum Gasteiger partial charge on any atom is 0.157 e. The van der Waals surface area contributed by atoms with Crippen molar-refractivity contribution in [1.29, 1.82) is 0 Å². The molecule has 1 atom stereocenters. The number of Topliss-reactive ketones (excluding diaryl/α,β-unsaturated/α-hetero) is 1. The van der Waals surface area contributed by atoms with Crippen LogP contribution < -0.4 is 0 Å². The molecule has 0 bridgehead atoms. The quantitative estimate of drug-likeness (QED) is 0.531. The Morgan fingerprint density at radius 1 is 1.75 bits per heavy atom. The van der Waals surface area contributed by atoms with Crippen molar-refractivity contribution in [1.82, 2.24) is 0 Å². The molecule has 1 unspecified atom stereocenters. The number of carbonyl (C=O) groups excluding carboxylic acids is 1. The Hall–Kier alpha value is -0.630. The highest BCUT2D eigenvalue weighted by atomic mass is 16.3. The molecular formula is C6H10O2. The average molecular weight is 114 g/mol. The third kappa shape index (κ3) is 1.89. The Morgan fingerprint density at radius 3 is 2.12 bits per heavy atom. The first kappa shape index (κ1) is 7.37. The molecule has 0 spiro atoms. The monoisotopic (exact) mass is 114 g/mol. The van der Waals surface area contributed by atoms with Gasteiger partial charge >= 0.3 is 0 Å². The number of aliphatic hydroxyl groups is 1. The molecule has 0 saturated heterocycles. The minimum atomic E-state index is -0.701. The van der Waals surface area contributed by atoms with Crippen molar-refractivity contribution in [2.45, 2.75) is 20.0 Å². The number of carbonyl (C=O) groups is 1. The number of ketones is 1. The second-order valence-electron chi connectivity index (χ2n) is 1.76. The number of aliphatic hydroxyl groups excluding tert-OH is 1. The van der Waals surface area contributed by atoms with Gasteiger partial charge in [0.15, 0.2) is 5.78 Å². The van der Waals surface area contributed by atoms with E-state index in [2.05, 4.69) is 6.58 Å². The van der Waals surface area contributed by atoms with Gasteiger partial charge in [-0.1, -0.05) is 6.58 Å². The van der Waals surface area contributed by atoms with Crippen molar-refractivity contribution in [2.75, 3.05) is 0 Å². The molecule has 0 amide bonds. The molecule has 0 saturated carbocycles. The van der Waals surface area contributed by atoms with Gasteiger partial charge in [0.05, 0.1) is 6.10 Å². The van der Waals surface area contributed by atoms with E-state index in [1.807, 2.05) is 0 Å². The van der Waals surface area contributed by atoms with Crippen LogP contribution in [0.2, 0.25) is 0 Å². The van der Waals surface area contributed by atoms with Gasteiger partial charge in [0.1, 0.15) is 0 Å². The van der Waals surface area contributed by atoms with Gasteiger partial charge < -0.3 is 5.11 Å². The Labute approximate surface area is 48.8 Å². The van der Waals surface area contributed by atoms with Gasteiger partial charge in [0.25, 0.3) is 0 Å². The molecule has 46 valence electrons. The largest absolute Gasteiger partial charge is 0.389 e. The molecule has 0 heterocycles. The first-order valence-electron chi connectivity index (χ1n) is 2.43. The molecule has 8 heavy (non-hydrogen) atoms. The molecule has 2 nitrogen and oxygen atoms in total. The molecule has 0 aromatic heterocycles. The predicted octanol–water partition coefficient (Wildman–Crippen LogP) is 0.512. The van der Waals surface area contributed by atoms with E-state index in [4.69, 9.17) is 5.11 Å². The highest BCUT2D eigenvalue weighted by molar-refractivity contribution is 5.93. The van der Waals surface area contributed by atoms with E-state index in [0.29, 0.717) is 0 Å². The summed E-state index contributed by atoms with van der Waals surface area (Å²) in [5.74, 6) is -0.153. The molecule has 0 radical (unpaired) electrons. The van der Waals surface area contributed by atoms with Gasteiger partial charge in [-0.2, -0.15) is 0 Å². The van der Waals surface area contributed by atoms with Crippen LogP contribution in [0.25, 0.3) is 0 Å². The zero-order valence-corrected chi connectivity index (χ0v) is 5.14. The van der Waals surface area contributed by atoms with Crippen LogP contribution in [0.3, 0.4) is 0 Å². The van der Waals surface area contributed by atoms with E-state index in [1.54, 1.807) is 0 Å². The maximum absolute atomic E-state index is 10.3. The van der Waals surface area contributed by atoms with Gasteiger partial charge in [0.2, 0.25) is 0 Å². The second kappa shape index (κ2) is 2.62. The fourth-order valence-electron chi connectivity index (χ4n) is 0.294. The van der Waals surface area contributed by atoms with E-state index in [9.17, 15) is 4.79 Å². The zero-order valence-electron chi connectivity index (χ0n) is 5.14. The Kier molecular flexibility index (Phi) is 2.42. The summed E-state index contributed by atoms with van der Waals surface area (Å²) in [4.78, 5) is 10.3. The van der Waals surface area contributed by atoms with Gasteiger partial charge in [-0.05, 0) is 13.8 Å². The molecule has 0 aliphatic rings. The fourth-order valence-corrected chi connectivity index (χ4v) is 0.294. The first-order valence-corrected chi connectivity index (χ1v) is 2.43. The lowest BCUT2D eigenvalue weighted by Crippen LogP contribution is -2.09. The first-order chi connectivity index (χ1) is 3.55. The van der Waals surface area contributed by atoms with Crippen molar-refractivity contribution in [3.05, 3.63) is 12.2 Å². The van der Waals surface area contributed by atoms with Crippen LogP contribution in [0.4, 0.5) is 0 Å². The van der Waals surface area contributed by atoms with E-state index >= 15 is 0 Å². The molecule has 0 aromatic rings. The zero-order chi connectivity index (χ0) is 6.73. The molecule has 0 aliphatic carbocycles. The lowest BCUT2D eigenvalue weighted by Gasteiger charge is -2.01. The summed E-state index contributed by atoms with van der Waals surface area (Å²) in [5.41, 5.74) is 0.269. The molecule has 0 aromatic carbocycles. The fraction of sp³-hybridized carbons (Fsp3) is 0.500. The second-order valence-corrected chi connectivity index (χ2v) is 1.76. The van der Waals surface area contributed by atoms with Gasteiger partial charge in [-0.15, -0.1) is 0 Å². The highest BCUT2D eigenvalue weighted by Gasteiger charge is 2.04. The third-order valence-electron chi connectivity index (χ3n) is 0.957. The lowest BCUT2D eigenvalue weighted by atomic mass is 10.1. The van der Waals surface area contributed by atoms with Crippen LogP contribution in [0.15, 0.2) is 12.2 Å². The van der Waals surface area contributed by atoms with Crippen molar-refractivity contribution in [3.8, 4) is 0 Å². The number of hydrogen-bond donors (Lipinski definition) is 1. The average Bonchev–Trinajstić information content (AvgIpc) is 1.64. The van der Waals surface area contributed by atoms with Crippen LogP contribution in [0.1, 0.15) is 13.8 Å². The molecule has 0 rings (SSSR count). The summed E-state index contributed by atoms with van der Waals surface area (Å²) in [6.07, 6.45) is -0.701. The summed E-state index contributed by atoms with van der Waals surface area (Å²) >= 11 is 0. The van der Waals surface area contributed by atoms with Crippen LogP contribution >= 0.6 is 0 Å². The van der Waals surface area contributed by atoms with Crippen LogP contribution in [0, 0.1) is 0 Å². The van der Waals surface area contributed by atoms with Gasteiger partial charge in [-0.25, -0.2) is 0 Å². The summed E-state index contributed by atoms with van der Waals surface area (Å²) < 4.78 is 0. The summed E-state index contributed by atoms with van der Waals surface area (Å²) in [6, 6.07) is 0. The summed E-state index contributed by atoms with van der Waals surface area (Å²) in [6.45, 7) is 6.26. The van der Waals surface area contributed by atoms with Crippen LogP contribution in [-0.4, -0.2) is 17.0 Å². The van der Waals surface area contributed by atoms with E-state index in [1.165, 1.54) is 13.8 Å². The van der Waals surface area contributed by atoms with Crippen LogP contribution in [0.5, 0.6) is 0 Å². The van der Waals surface area contributed by atoms with Gasteiger partial charge in [0, 0.05) is 5.57 Å². The van der Waals surface area contributed by atoms with Crippen molar-refractivity contribution >= 4 is 5.78 Å².